The van der Waals surface area contributed by atoms with E-state index in [-0.39, 0.29) is 6.61 Å². The first-order chi connectivity index (χ1) is 11.7. The highest BCUT2D eigenvalue weighted by atomic mass is 16.5. The van der Waals surface area contributed by atoms with E-state index < -0.39 is 0 Å². The summed E-state index contributed by atoms with van der Waals surface area (Å²) in [6.07, 6.45) is 4.24. The molecule has 0 unspecified atom stereocenters. The molecule has 1 saturated heterocycles. The summed E-state index contributed by atoms with van der Waals surface area (Å²) in [5.74, 6) is 2.15. The zero-order chi connectivity index (χ0) is 16.8. The van der Waals surface area contributed by atoms with Gasteiger partial charge in [-0.2, -0.15) is 0 Å². The first-order valence-electron chi connectivity index (χ1n) is 8.59. The topological polar surface area (TPSA) is 58.5 Å². The van der Waals surface area contributed by atoms with Crippen LogP contribution in [0.15, 0.2) is 36.5 Å². The van der Waals surface area contributed by atoms with E-state index in [0.29, 0.717) is 12.5 Å². The fourth-order valence-electron chi connectivity index (χ4n) is 3.30. The smallest absolute Gasteiger partial charge is 0.125 e. The Bertz CT molecular complexity index is 663. The molecule has 2 heterocycles. The van der Waals surface area contributed by atoms with Crippen molar-refractivity contribution in [1.29, 1.82) is 0 Å². The molecule has 0 radical (unpaired) electrons. The second-order valence-corrected chi connectivity index (χ2v) is 6.32. The van der Waals surface area contributed by atoms with Gasteiger partial charge in [0, 0.05) is 30.9 Å². The Labute approximate surface area is 143 Å². The van der Waals surface area contributed by atoms with Crippen LogP contribution in [-0.2, 0) is 6.54 Å². The molecule has 1 N–H and O–H groups in total. The fourth-order valence-corrected chi connectivity index (χ4v) is 3.30. The molecule has 0 amide bonds. The summed E-state index contributed by atoms with van der Waals surface area (Å²) in [5.41, 5.74) is 2.40. The van der Waals surface area contributed by atoms with E-state index >= 15 is 0 Å². The molecule has 1 aromatic carbocycles. The van der Waals surface area contributed by atoms with Crippen molar-refractivity contribution in [2.45, 2.75) is 32.2 Å². The molecular weight excluding hydrogens is 302 g/mol. The lowest BCUT2D eigenvalue weighted by Crippen LogP contribution is -2.34. The molecule has 0 bridgehead atoms. The highest BCUT2D eigenvalue weighted by molar-refractivity contribution is 5.28. The molecule has 3 rings (SSSR count). The number of aliphatic hydroxyl groups excluding tert-OH is 1. The fraction of sp³-hybridized carbons (Fsp3) is 0.474. The van der Waals surface area contributed by atoms with Crippen molar-refractivity contribution in [1.82, 2.24) is 14.9 Å². The van der Waals surface area contributed by atoms with Gasteiger partial charge in [0.15, 0.2) is 0 Å². The first-order valence-corrected chi connectivity index (χ1v) is 8.59. The monoisotopic (exact) mass is 327 g/mol. The van der Waals surface area contributed by atoms with Crippen molar-refractivity contribution >= 4 is 0 Å². The number of hydrogen-bond acceptors (Lipinski definition) is 5. The van der Waals surface area contributed by atoms with Gasteiger partial charge >= 0.3 is 0 Å². The molecule has 1 aromatic heterocycles. The van der Waals surface area contributed by atoms with Crippen LogP contribution < -0.4 is 4.74 Å². The summed E-state index contributed by atoms with van der Waals surface area (Å²) in [6, 6.07) is 10.2. The van der Waals surface area contributed by atoms with E-state index in [1.807, 2.05) is 31.3 Å². The highest BCUT2D eigenvalue weighted by Crippen LogP contribution is 2.27. The van der Waals surface area contributed by atoms with Gasteiger partial charge in [-0.1, -0.05) is 12.1 Å². The summed E-state index contributed by atoms with van der Waals surface area (Å²) in [7, 11) is 0. The first kappa shape index (κ1) is 16.9. The number of aryl methyl sites for hydroxylation is 1. The molecule has 2 aromatic rings. The molecule has 1 aliphatic heterocycles. The molecule has 128 valence electrons. The average molecular weight is 327 g/mol. The molecule has 5 heteroatoms. The quantitative estimate of drug-likeness (QED) is 0.883. The van der Waals surface area contributed by atoms with Crippen LogP contribution in [0.1, 0.15) is 35.8 Å². The molecule has 1 aliphatic rings. The van der Waals surface area contributed by atoms with Gasteiger partial charge in [-0.15, -0.1) is 0 Å². The third-order valence-electron chi connectivity index (χ3n) is 4.39. The molecule has 1 fully saturated rings. The van der Waals surface area contributed by atoms with Crippen molar-refractivity contribution in [3.05, 3.63) is 53.6 Å². The molecule has 24 heavy (non-hydrogen) atoms. The Kier molecular flexibility index (Phi) is 5.77. The number of benzene rings is 1. The molecule has 0 saturated carbocycles. The van der Waals surface area contributed by atoms with E-state index in [9.17, 15) is 0 Å². The van der Waals surface area contributed by atoms with Gasteiger partial charge < -0.3 is 9.84 Å². The largest absolute Gasteiger partial charge is 0.491 e. The predicted octanol–water partition coefficient (Wildman–Crippen LogP) is 2.54. The van der Waals surface area contributed by atoms with Crippen molar-refractivity contribution < 1.29 is 9.84 Å². The van der Waals surface area contributed by atoms with Crippen molar-refractivity contribution in [3.63, 3.8) is 0 Å². The lowest BCUT2D eigenvalue weighted by Gasteiger charge is -2.32. The predicted molar refractivity (Wildman–Crippen MR) is 93.0 cm³/mol. The molecule has 0 spiro atoms. The van der Waals surface area contributed by atoms with E-state index in [1.165, 1.54) is 18.4 Å². The molecule has 1 atom stereocenters. The van der Waals surface area contributed by atoms with Crippen molar-refractivity contribution in [2.24, 2.45) is 0 Å². The number of rotatable bonds is 6. The van der Waals surface area contributed by atoms with Crippen LogP contribution in [0, 0.1) is 6.92 Å². The molecule has 0 aliphatic carbocycles. The van der Waals surface area contributed by atoms with Gasteiger partial charge in [0.2, 0.25) is 0 Å². The Hall–Kier alpha value is -1.98. The molecular formula is C19H25N3O2. The maximum atomic E-state index is 8.87. The second-order valence-electron chi connectivity index (χ2n) is 6.32. The van der Waals surface area contributed by atoms with E-state index in [2.05, 4.69) is 27.0 Å². The van der Waals surface area contributed by atoms with Crippen LogP contribution in [0.3, 0.4) is 0 Å². The minimum absolute atomic E-state index is 0.0381. The number of piperidine rings is 1. The average Bonchev–Trinajstić information content (AvgIpc) is 2.60. The van der Waals surface area contributed by atoms with Crippen molar-refractivity contribution in [2.75, 3.05) is 26.3 Å². The number of nitrogens with zero attached hydrogens (tertiary/aromatic N) is 3. The van der Waals surface area contributed by atoms with E-state index in [1.54, 1.807) is 0 Å². The Balaban J connectivity index is 1.63. The summed E-state index contributed by atoms with van der Waals surface area (Å²) < 4.78 is 5.50. The summed E-state index contributed by atoms with van der Waals surface area (Å²) in [5, 5.41) is 8.87. The van der Waals surface area contributed by atoms with E-state index in [0.717, 1.165) is 36.9 Å². The third kappa shape index (κ3) is 4.52. The SMILES string of the molecule is Cc1nccc([C@@H]2CCCN(Cc3cccc(OCCO)c3)C2)n1. The van der Waals surface area contributed by atoms with Crippen LogP contribution >= 0.6 is 0 Å². The van der Waals surface area contributed by atoms with Crippen molar-refractivity contribution in [3.8, 4) is 5.75 Å². The summed E-state index contributed by atoms with van der Waals surface area (Å²) in [4.78, 5) is 11.3. The number of aromatic nitrogens is 2. The van der Waals surface area contributed by atoms with Crippen LogP contribution in [-0.4, -0.2) is 46.3 Å². The maximum absolute atomic E-state index is 8.87. The van der Waals surface area contributed by atoms with Crippen LogP contribution in [0.2, 0.25) is 0 Å². The number of likely N-dealkylation sites (tertiary alicyclic amines) is 1. The third-order valence-corrected chi connectivity index (χ3v) is 4.39. The maximum Gasteiger partial charge on any atom is 0.125 e. The Morgan fingerprint density at radius 2 is 2.25 bits per heavy atom. The number of hydrogen-bond donors (Lipinski definition) is 1. The zero-order valence-corrected chi connectivity index (χ0v) is 14.2. The Morgan fingerprint density at radius 1 is 1.33 bits per heavy atom. The van der Waals surface area contributed by atoms with Gasteiger partial charge in [-0.25, -0.2) is 9.97 Å². The van der Waals surface area contributed by atoms with E-state index in [4.69, 9.17) is 9.84 Å². The number of ether oxygens (including phenoxy) is 1. The zero-order valence-electron chi connectivity index (χ0n) is 14.2. The van der Waals surface area contributed by atoms with Gasteiger partial charge in [0.25, 0.3) is 0 Å². The van der Waals surface area contributed by atoms with Gasteiger partial charge in [0.05, 0.1) is 6.61 Å². The van der Waals surface area contributed by atoms with Gasteiger partial charge in [0.1, 0.15) is 18.2 Å². The molecule has 5 nitrogen and oxygen atoms in total. The number of aliphatic hydroxyl groups is 1. The van der Waals surface area contributed by atoms with Crippen LogP contribution in [0.25, 0.3) is 0 Å². The standard InChI is InChI=1S/C19H25N3O2/c1-15-20-8-7-19(21-15)17-5-3-9-22(14-17)13-16-4-2-6-18(12-16)24-11-10-23/h2,4,6-8,12,17,23H,3,5,9-11,13-14H2,1H3/t17-/m1/s1. The van der Waals surface area contributed by atoms with Gasteiger partial charge in [-0.05, 0) is 50.1 Å². The highest BCUT2D eigenvalue weighted by Gasteiger charge is 2.22. The minimum atomic E-state index is 0.0381. The second kappa shape index (κ2) is 8.22. The summed E-state index contributed by atoms with van der Waals surface area (Å²) >= 11 is 0. The Morgan fingerprint density at radius 3 is 3.08 bits per heavy atom. The lowest BCUT2D eigenvalue weighted by atomic mass is 9.94. The lowest BCUT2D eigenvalue weighted by molar-refractivity contribution is 0.195. The van der Waals surface area contributed by atoms with Crippen LogP contribution in [0.5, 0.6) is 5.75 Å². The normalized spacial score (nSPS) is 18.5. The minimum Gasteiger partial charge on any atom is -0.491 e. The summed E-state index contributed by atoms with van der Waals surface area (Å²) in [6.45, 7) is 5.37. The van der Waals surface area contributed by atoms with Gasteiger partial charge in [-0.3, -0.25) is 4.90 Å². The van der Waals surface area contributed by atoms with Crippen LogP contribution in [0.4, 0.5) is 0 Å².